The lowest BCUT2D eigenvalue weighted by Gasteiger charge is -2.38. The Morgan fingerprint density at radius 2 is 1.88 bits per heavy atom. The average Bonchev–Trinajstić information content (AvgIpc) is 3.53. The summed E-state index contributed by atoms with van der Waals surface area (Å²) in [6.45, 7) is 9.30. The predicted molar refractivity (Wildman–Crippen MR) is 129 cm³/mol. The van der Waals surface area contributed by atoms with Gasteiger partial charge in [0.1, 0.15) is 6.04 Å². The van der Waals surface area contributed by atoms with Crippen LogP contribution in [0, 0.1) is 0 Å². The Labute approximate surface area is 195 Å². The van der Waals surface area contributed by atoms with Crippen LogP contribution in [0.5, 0.6) is 0 Å². The highest BCUT2D eigenvalue weighted by molar-refractivity contribution is 5.80. The van der Waals surface area contributed by atoms with E-state index in [1.54, 1.807) is 0 Å². The molecule has 8 heteroatoms. The highest BCUT2D eigenvalue weighted by atomic mass is 16.1. The highest BCUT2D eigenvalue weighted by Crippen LogP contribution is 2.34. The number of piperazine rings is 1. The van der Waals surface area contributed by atoms with E-state index in [4.69, 9.17) is 0 Å². The summed E-state index contributed by atoms with van der Waals surface area (Å²) in [7, 11) is 0. The van der Waals surface area contributed by atoms with Crippen molar-refractivity contribution in [2.75, 3.05) is 32.7 Å². The van der Waals surface area contributed by atoms with E-state index >= 15 is 0 Å². The second-order valence-corrected chi connectivity index (χ2v) is 9.53. The Bertz CT molecular complexity index is 1140. The number of hydrogen-bond donors (Lipinski definition) is 1. The molecule has 1 N–H and O–H groups in total. The van der Waals surface area contributed by atoms with E-state index in [-0.39, 0.29) is 11.6 Å². The van der Waals surface area contributed by atoms with Crippen molar-refractivity contribution in [3.63, 3.8) is 0 Å². The molecule has 2 aliphatic rings. The third-order valence-corrected chi connectivity index (χ3v) is 7.39. The molecule has 1 saturated carbocycles. The SMILES string of the molecule is CCCN1CCN([C@@H](c2cc3cc(CC)ccc3[nH]c2=O)c2nnnn2C2CCCC2)CC1. The van der Waals surface area contributed by atoms with Gasteiger partial charge in [-0.3, -0.25) is 9.69 Å². The van der Waals surface area contributed by atoms with Crippen molar-refractivity contribution in [2.24, 2.45) is 0 Å². The van der Waals surface area contributed by atoms with Gasteiger partial charge in [0.05, 0.1) is 6.04 Å². The third kappa shape index (κ3) is 4.46. The molecular weight excluding hydrogens is 414 g/mol. The summed E-state index contributed by atoms with van der Waals surface area (Å²) in [6, 6.07) is 8.44. The first-order valence-electron chi connectivity index (χ1n) is 12.6. The third-order valence-electron chi connectivity index (χ3n) is 7.39. The quantitative estimate of drug-likeness (QED) is 0.596. The van der Waals surface area contributed by atoms with Gasteiger partial charge in [-0.1, -0.05) is 32.8 Å². The van der Waals surface area contributed by atoms with E-state index in [1.807, 2.05) is 10.7 Å². The first-order chi connectivity index (χ1) is 16.2. The summed E-state index contributed by atoms with van der Waals surface area (Å²) >= 11 is 0. The van der Waals surface area contributed by atoms with Crippen LogP contribution < -0.4 is 5.56 Å². The van der Waals surface area contributed by atoms with Crippen LogP contribution in [0.4, 0.5) is 0 Å². The first kappa shape index (κ1) is 22.2. The molecule has 8 nitrogen and oxygen atoms in total. The molecule has 5 rings (SSSR count). The van der Waals surface area contributed by atoms with Crippen LogP contribution in [0.25, 0.3) is 10.9 Å². The lowest BCUT2D eigenvalue weighted by Crippen LogP contribution is -2.49. The van der Waals surface area contributed by atoms with E-state index in [0.29, 0.717) is 6.04 Å². The molecular formula is C25H35N7O. The Kier molecular flexibility index (Phi) is 6.55. The molecule has 1 aromatic carbocycles. The number of hydrogen-bond acceptors (Lipinski definition) is 6. The monoisotopic (exact) mass is 449 g/mol. The lowest BCUT2D eigenvalue weighted by molar-refractivity contribution is 0.103. The summed E-state index contributed by atoms with van der Waals surface area (Å²) in [5.41, 5.74) is 2.84. The molecule has 0 unspecified atom stereocenters. The maximum atomic E-state index is 13.4. The second kappa shape index (κ2) is 9.73. The highest BCUT2D eigenvalue weighted by Gasteiger charge is 2.34. The summed E-state index contributed by atoms with van der Waals surface area (Å²) in [4.78, 5) is 21.4. The zero-order chi connectivity index (χ0) is 22.8. The molecule has 33 heavy (non-hydrogen) atoms. The number of H-pyrrole nitrogens is 1. The lowest BCUT2D eigenvalue weighted by atomic mass is 10.0. The van der Waals surface area contributed by atoms with Gasteiger partial charge < -0.3 is 9.88 Å². The average molecular weight is 450 g/mol. The van der Waals surface area contributed by atoms with Crippen LogP contribution in [0.15, 0.2) is 29.1 Å². The molecule has 0 bridgehead atoms. The summed E-state index contributed by atoms with van der Waals surface area (Å²) in [6.07, 6.45) is 6.74. The van der Waals surface area contributed by atoms with E-state index in [9.17, 15) is 4.79 Å². The molecule has 3 aromatic rings. The van der Waals surface area contributed by atoms with Gasteiger partial charge in [-0.25, -0.2) is 4.68 Å². The molecule has 176 valence electrons. The fourth-order valence-electron chi connectivity index (χ4n) is 5.55. The van der Waals surface area contributed by atoms with Crippen LogP contribution >= 0.6 is 0 Å². The number of rotatable bonds is 7. The van der Waals surface area contributed by atoms with E-state index in [2.05, 4.69) is 62.4 Å². The van der Waals surface area contributed by atoms with Gasteiger partial charge in [-0.2, -0.15) is 0 Å². The smallest absolute Gasteiger partial charge is 0.253 e. The van der Waals surface area contributed by atoms with Gasteiger partial charge in [0.2, 0.25) is 0 Å². The first-order valence-corrected chi connectivity index (χ1v) is 12.6. The molecule has 1 aliphatic heterocycles. The van der Waals surface area contributed by atoms with Crippen LogP contribution in [0.2, 0.25) is 0 Å². The number of benzene rings is 1. The minimum atomic E-state index is -0.247. The van der Waals surface area contributed by atoms with Crippen molar-refractivity contribution in [1.29, 1.82) is 0 Å². The number of aryl methyl sites for hydroxylation is 1. The van der Waals surface area contributed by atoms with Crippen molar-refractivity contribution >= 4 is 10.9 Å². The fraction of sp³-hybridized carbons (Fsp3) is 0.600. The van der Waals surface area contributed by atoms with E-state index < -0.39 is 0 Å². The standard InChI is InChI=1S/C25H35N7O/c1-3-11-30-12-14-31(15-13-30)23(24-27-28-29-32(24)20-7-5-6-8-20)21-17-19-16-18(4-2)9-10-22(19)26-25(21)33/h9-10,16-17,20,23H,3-8,11-15H2,1-2H3,(H,26,33)/t23-/m0/s1. The van der Waals surface area contributed by atoms with Gasteiger partial charge >= 0.3 is 0 Å². The van der Waals surface area contributed by atoms with Gasteiger partial charge in [-0.05, 0) is 71.8 Å². The predicted octanol–water partition coefficient (Wildman–Crippen LogP) is 3.31. The van der Waals surface area contributed by atoms with Crippen molar-refractivity contribution in [3.8, 4) is 0 Å². The zero-order valence-corrected chi connectivity index (χ0v) is 19.8. The van der Waals surface area contributed by atoms with Crippen LogP contribution in [-0.2, 0) is 6.42 Å². The topological polar surface area (TPSA) is 82.9 Å². The number of nitrogens with one attached hydrogen (secondary N) is 1. The molecule has 0 amide bonds. The Balaban J connectivity index is 1.58. The van der Waals surface area contributed by atoms with Crippen molar-refractivity contribution in [1.82, 2.24) is 35.0 Å². The number of tetrazole rings is 1. The summed E-state index contributed by atoms with van der Waals surface area (Å²) in [5, 5.41) is 14.1. The number of aromatic amines is 1. The molecule has 1 atom stereocenters. The summed E-state index contributed by atoms with van der Waals surface area (Å²) in [5.74, 6) is 0.808. The maximum Gasteiger partial charge on any atom is 0.253 e. The van der Waals surface area contributed by atoms with Gasteiger partial charge in [0, 0.05) is 37.3 Å². The number of nitrogens with zero attached hydrogens (tertiary/aromatic N) is 6. The Hall–Kier alpha value is -2.58. The van der Waals surface area contributed by atoms with Crippen molar-refractivity contribution in [3.05, 3.63) is 51.6 Å². The van der Waals surface area contributed by atoms with Crippen molar-refractivity contribution < 1.29 is 0 Å². The van der Waals surface area contributed by atoms with Gasteiger partial charge in [0.15, 0.2) is 5.82 Å². The Morgan fingerprint density at radius 1 is 1.09 bits per heavy atom. The minimum Gasteiger partial charge on any atom is -0.322 e. The normalized spacial score (nSPS) is 19.5. The number of pyridine rings is 1. The minimum absolute atomic E-state index is 0.0475. The van der Waals surface area contributed by atoms with Gasteiger partial charge in [0.25, 0.3) is 5.56 Å². The molecule has 0 radical (unpaired) electrons. The molecule has 3 heterocycles. The fourth-order valence-corrected chi connectivity index (χ4v) is 5.55. The molecule has 2 aromatic heterocycles. The summed E-state index contributed by atoms with van der Waals surface area (Å²) < 4.78 is 2.02. The molecule has 0 spiro atoms. The van der Waals surface area contributed by atoms with Crippen LogP contribution in [0.3, 0.4) is 0 Å². The number of aromatic nitrogens is 5. The molecule has 1 aliphatic carbocycles. The van der Waals surface area contributed by atoms with Crippen LogP contribution in [0.1, 0.15) is 75.0 Å². The molecule has 2 fully saturated rings. The van der Waals surface area contributed by atoms with E-state index in [0.717, 1.165) is 80.7 Å². The number of fused-ring (bicyclic) bond motifs is 1. The second-order valence-electron chi connectivity index (χ2n) is 9.53. The van der Waals surface area contributed by atoms with Crippen molar-refractivity contribution in [2.45, 2.75) is 64.5 Å². The zero-order valence-electron chi connectivity index (χ0n) is 19.8. The maximum absolute atomic E-state index is 13.4. The largest absolute Gasteiger partial charge is 0.322 e. The Morgan fingerprint density at radius 3 is 2.61 bits per heavy atom. The molecule has 1 saturated heterocycles. The van der Waals surface area contributed by atoms with Gasteiger partial charge in [-0.15, -0.1) is 5.10 Å². The van der Waals surface area contributed by atoms with Crippen LogP contribution in [-0.4, -0.2) is 67.7 Å². The van der Waals surface area contributed by atoms with E-state index in [1.165, 1.54) is 18.4 Å².